The number of likely N-dealkylation sites (tertiary alicyclic amines) is 1. The summed E-state index contributed by atoms with van der Waals surface area (Å²) in [6, 6.07) is 48.0. The number of carbonyl (C=O) groups excluding carboxylic acids is 1. The minimum atomic E-state index is -0.915. The first-order chi connectivity index (χ1) is 45.8. The van der Waals surface area contributed by atoms with Crippen LogP contribution in [0.25, 0.3) is 0 Å². The first kappa shape index (κ1) is 72.9. The van der Waals surface area contributed by atoms with E-state index in [4.69, 9.17) is 75.6 Å². The molecule has 3 saturated heterocycles. The summed E-state index contributed by atoms with van der Waals surface area (Å²) < 4.78 is 73.3. The zero-order chi connectivity index (χ0) is 67.2. The number of aliphatic hydroxyl groups excluding tert-OH is 1. The topological polar surface area (TPSA) is 205 Å². The number of nitrogens with zero attached hydrogens (tertiary/aromatic N) is 7. The number of pyridine rings is 4. The number of hydrogen-bond donors (Lipinski definition) is 4. The molecule has 1 aliphatic carbocycles. The van der Waals surface area contributed by atoms with E-state index in [2.05, 4.69) is 35.1 Å². The number of carboxylic acid groups (broad SMARTS) is 1. The fourth-order valence-electron chi connectivity index (χ4n) is 9.93. The summed E-state index contributed by atoms with van der Waals surface area (Å²) >= 11 is 23.1. The van der Waals surface area contributed by atoms with Gasteiger partial charge in [-0.2, -0.15) is 9.97 Å². The van der Waals surface area contributed by atoms with Crippen LogP contribution < -0.4 is 34.1 Å². The first-order valence-electron chi connectivity index (χ1n) is 30.3. The third kappa shape index (κ3) is 23.4. The molecule has 4 atom stereocenters. The Kier molecular flexibility index (Phi) is 27.5. The molecule has 5 aromatic carbocycles. The van der Waals surface area contributed by atoms with Crippen LogP contribution in [-0.4, -0.2) is 110 Å². The van der Waals surface area contributed by atoms with E-state index in [1.54, 1.807) is 72.8 Å². The average Bonchev–Trinajstić information content (AvgIpc) is 1.54. The van der Waals surface area contributed by atoms with Crippen LogP contribution in [0.1, 0.15) is 57.6 Å². The molecule has 0 bridgehead atoms. The number of aliphatic hydroxyl groups is 1. The number of halogens is 8. The van der Waals surface area contributed by atoms with Crippen molar-refractivity contribution in [3.63, 3.8) is 0 Å². The van der Waals surface area contributed by atoms with Crippen molar-refractivity contribution in [2.24, 2.45) is 11.8 Å². The van der Waals surface area contributed by atoms with Crippen molar-refractivity contribution in [1.82, 2.24) is 30.2 Å². The Hall–Kier alpha value is -8.96. The van der Waals surface area contributed by atoms with Crippen LogP contribution >= 0.6 is 46.4 Å². The summed E-state index contributed by atoms with van der Waals surface area (Å²) in [5, 5.41) is 33.9. The van der Waals surface area contributed by atoms with Crippen molar-refractivity contribution >= 4 is 69.9 Å². The molecule has 1 amide bonds. The molecule has 504 valence electrons. The van der Waals surface area contributed by atoms with Gasteiger partial charge in [-0.1, -0.05) is 84.2 Å². The van der Waals surface area contributed by atoms with Gasteiger partial charge in [0.1, 0.15) is 85.2 Å². The van der Waals surface area contributed by atoms with Crippen LogP contribution in [0, 0.1) is 35.1 Å². The number of aromatic hydroxyl groups is 1. The molecule has 25 heteroatoms. The van der Waals surface area contributed by atoms with Crippen molar-refractivity contribution in [3.8, 4) is 46.4 Å². The van der Waals surface area contributed by atoms with Crippen LogP contribution in [0.2, 0.25) is 20.5 Å². The van der Waals surface area contributed by atoms with E-state index in [0.717, 1.165) is 38.8 Å². The molecule has 7 heterocycles. The molecule has 96 heavy (non-hydrogen) atoms. The average molecular weight is 1400 g/mol. The van der Waals surface area contributed by atoms with E-state index >= 15 is 0 Å². The lowest BCUT2D eigenvalue weighted by Crippen LogP contribution is -2.48. The summed E-state index contributed by atoms with van der Waals surface area (Å²) in [5.41, 5.74) is 0.655. The highest BCUT2D eigenvalue weighted by atomic mass is 35.5. The zero-order valence-electron chi connectivity index (χ0n) is 50.9. The zero-order valence-corrected chi connectivity index (χ0v) is 53.9. The van der Waals surface area contributed by atoms with Gasteiger partial charge in [0.25, 0.3) is 0 Å². The monoisotopic (exact) mass is 1390 g/mol. The minimum absolute atomic E-state index is 0. The molecule has 4 N–H and O–H groups in total. The molecule has 17 nitrogen and oxygen atoms in total. The van der Waals surface area contributed by atoms with Crippen LogP contribution in [-0.2, 0) is 9.59 Å². The predicted molar refractivity (Wildman–Crippen MR) is 362 cm³/mol. The first-order valence-corrected chi connectivity index (χ1v) is 31.8. The van der Waals surface area contributed by atoms with Gasteiger partial charge < -0.3 is 54.3 Å². The third-order valence-electron chi connectivity index (χ3n) is 14.9. The van der Waals surface area contributed by atoms with Gasteiger partial charge in [-0.15, -0.1) is 0 Å². The summed E-state index contributed by atoms with van der Waals surface area (Å²) in [6.07, 6.45) is 4.90. The molecule has 3 aliphatic heterocycles. The normalized spacial score (nSPS) is 16.0. The van der Waals surface area contributed by atoms with Gasteiger partial charge in [0.15, 0.2) is 0 Å². The number of anilines is 2. The van der Waals surface area contributed by atoms with Crippen LogP contribution in [0.4, 0.5) is 29.2 Å². The smallest absolute Gasteiger partial charge is 0.308 e. The van der Waals surface area contributed by atoms with Crippen molar-refractivity contribution in [2.45, 2.75) is 64.2 Å². The maximum atomic E-state index is 13.5. The number of nitrogens with one attached hydrogen (secondary N) is 1. The molecular formula is C71H70Cl4F4N8O9. The van der Waals surface area contributed by atoms with E-state index in [-0.39, 0.29) is 60.3 Å². The summed E-state index contributed by atoms with van der Waals surface area (Å²) in [5.74, 6) is 2.03. The Bertz CT molecular complexity index is 3890. The standard InChI is InChI=1S/C32H36ClFN4O4.C16H15FN2O3.C11H7ClFNO.C6H5FO.C5H3Cl2N.CH4/c33-26-18-21(6-13-28(26)41-24-11-12-24)31(39)27(20-37-15-1-2-16-37)35-32(40)22-14-17-38(19-22)29-4-3-5-30(36-29)42-25-9-7-23(34)8-10-25;17-12-4-6-13(7-5-12)22-15-3-1-2-14(18-15)19-9-8-11(10-19)16(20)21;12-10-2-1-3-11(14-10)15-9-6-4-8(13)5-7-9;7-5-1-3-6(8)4-2-5;6-4-2-1-3-5(7)8-4;/h3-10,13,18,22,24,27,31,39H,1-2,11-12,14-17,19-20H2,(H,35,40);1-7,11H,8-10H2,(H,20,21);1-7H;1-4,8H;1-3H;1H4/t22-,27-,31-;11-;;;;/m11..../s1. The number of ether oxygens (including phenoxy) is 4. The Morgan fingerprint density at radius 1 is 0.531 bits per heavy atom. The van der Waals surface area contributed by atoms with Crippen molar-refractivity contribution in [2.75, 3.05) is 55.6 Å². The number of rotatable bonds is 17. The van der Waals surface area contributed by atoms with Gasteiger partial charge in [-0.25, -0.2) is 27.5 Å². The second kappa shape index (κ2) is 36.2. The number of aromatic nitrogens is 4. The highest BCUT2D eigenvalue weighted by molar-refractivity contribution is 6.32. The summed E-state index contributed by atoms with van der Waals surface area (Å²) in [6.45, 7) is 4.74. The molecular weight excluding hydrogens is 1330 g/mol. The van der Waals surface area contributed by atoms with Crippen LogP contribution in [0.3, 0.4) is 0 Å². The highest BCUT2D eigenvalue weighted by Gasteiger charge is 2.34. The number of hydrogen-bond acceptors (Lipinski definition) is 15. The lowest BCUT2D eigenvalue weighted by Gasteiger charge is -2.30. The SMILES string of the molecule is C.Clc1cccc(Cl)n1.Fc1ccc(Oc2cccc(Cl)n2)cc1.O=C(N[C@H](CN1CCCC1)[C@H](O)c1ccc(OC2CC2)c(Cl)c1)[C@@H]1CCN(c2cccc(Oc3ccc(F)cc3)n2)C1.O=C(O)[C@@H]1CCN(c2cccc(Oc3ccc(F)cc3)n2)C1.Oc1ccc(F)cc1. The molecule has 4 aliphatic rings. The second-order valence-corrected chi connectivity index (χ2v) is 23.7. The molecule has 4 fully saturated rings. The fraction of sp³-hybridized carbons (Fsp3) is 0.268. The van der Waals surface area contributed by atoms with E-state index in [9.17, 15) is 32.3 Å². The quantitative estimate of drug-likeness (QED) is 0.0494. The number of benzene rings is 5. The predicted octanol–water partition coefficient (Wildman–Crippen LogP) is 16.5. The number of carbonyl (C=O) groups is 2. The van der Waals surface area contributed by atoms with Crippen molar-refractivity contribution in [1.29, 1.82) is 0 Å². The Morgan fingerprint density at radius 2 is 0.958 bits per heavy atom. The van der Waals surface area contributed by atoms with Crippen molar-refractivity contribution in [3.05, 3.63) is 237 Å². The minimum Gasteiger partial charge on any atom is -0.508 e. The lowest BCUT2D eigenvalue weighted by molar-refractivity contribution is -0.141. The molecule has 1 saturated carbocycles. The van der Waals surface area contributed by atoms with Crippen LogP contribution in [0.15, 0.2) is 188 Å². The Balaban J connectivity index is 0.000000180. The number of carboxylic acids is 1. The Morgan fingerprint density at radius 3 is 1.38 bits per heavy atom. The Labute approximate surface area is 573 Å². The molecule has 0 spiro atoms. The van der Waals surface area contributed by atoms with Gasteiger partial charge in [0, 0.05) is 50.9 Å². The number of phenolic OH excluding ortho intramolecular Hbond substituents is 1. The number of phenols is 1. The molecule has 13 rings (SSSR count). The summed E-state index contributed by atoms with van der Waals surface area (Å²) in [7, 11) is 0. The number of amides is 1. The molecule has 0 unspecified atom stereocenters. The van der Waals surface area contributed by atoms with Crippen molar-refractivity contribution < 1.29 is 61.4 Å². The van der Waals surface area contributed by atoms with E-state index in [0.29, 0.717) is 124 Å². The summed E-state index contributed by atoms with van der Waals surface area (Å²) in [4.78, 5) is 47.5. The largest absolute Gasteiger partial charge is 0.508 e. The van der Waals surface area contributed by atoms with Gasteiger partial charge >= 0.3 is 5.97 Å². The van der Waals surface area contributed by atoms with E-state index in [1.807, 2.05) is 35.2 Å². The fourth-order valence-corrected chi connectivity index (χ4v) is 10.7. The lowest BCUT2D eigenvalue weighted by atomic mass is 10.00. The molecule has 4 aromatic heterocycles. The second-order valence-electron chi connectivity index (χ2n) is 22.2. The maximum Gasteiger partial charge on any atom is 0.308 e. The van der Waals surface area contributed by atoms with E-state index in [1.165, 1.54) is 84.9 Å². The maximum absolute atomic E-state index is 13.5. The highest BCUT2D eigenvalue weighted by Crippen LogP contribution is 2.35. The van der Waals surface area contributed by atoms with Gasteiger partial charge in [-0.3, -0.25) is 9.59 Å². The molecule has 0 radical (unpaired) electrons. The van der Waals surface area contributed by atoms with Gasteiger partial charge in [-0.05, 0) is 197 Å². The van der Waals surface area contributed by atoms with Gasteiger partial charge in [0.2, 0.25) is 23.5 Å². The third-order valence-corrected chi connectivity index (χ3v) is 15.9. The van der Waals surface area contributed by atoms with Gasteiger partial charge in [0.05, 0.1) is 29.0 Å². The molecule has 9 aromatic rings. The number of aliphatic carboxylic acids is 1. The van der Waals surface area contributed by atoms with E-state index < -0.39 is 18.1 Å². The van der Waals surface area contributed by atoms with Crippen LogP contribution in [0.5, 0.6) is 46.4 Å².